The Bertz CT molecular complexity index is 1110. The summed E-state index contributed by atoms with van der Waals surface area (Å²) >= 11 is 0. The fraction of sp³-hybridized carbons (Fsp3) is 0.269. The van der Waals surface area contributed by atoms with Crippen LogP contribution in [0.1, 0.15) is 29.9 Å². The van der Waals surface area contributed by atoms with E-state index in [4.69, 9.17) is 0 Å². The van der Waals surface area contributed by atoms with Gasteiger partial charge in [0, 0.05) is 30.0 Å². The van der Waals surface area contributed by atoms with Crippen LogP contribution in [0.2, 0.25) is 0 Å². The van der Waals surface area contributed by atoms with Gasteiger partial charge in [0.2, 0.25) is 0 Å². The van der Waals surface area contributed by atoms with Crippen molar-refractivity contribution in [1.29, 1.82) is 0 Å². The Morgan fingerprint density at radius 3 is 2.47 bits per heavy atom. The fourth-order valence-corrected chi connectivity index (χ4v) is 4.64. The quantitative estimate of drug-likeness (QED) is 0.436. The minimum absolute atomic E-state index is 0.212. The molecule has 30 heavy (non-hydrogen) atoms. The summed E-state index contributed by atoms with van der Waals surface area (Å²) in [4.78, 5) is 6.92. The van der Waals surface area contributed by atoms with Gasteiger partial charge in [-0.3, -0.25) is 4.98 Å². The van der Waals surface area contributed by atoms with Crippen LogP contribution in [-0.2, 0) is 6.42 Å². The lowest BCUT2D eigenvalue weighted by atomic mass is 9.89. The number of rotatable bonds is 5. The smallest absolute Gasteiger partial charge is 0.123 e. The molecule has 5 rings (SSSR count). The molecular weight excluding hydrogens is 373 g/mol. The number of likely N-dealkylation sites (tertiary alicyclic amines) is 1. The topological polar surface area (TPSA) is 21.1 Å². The molecule has 4 heteroatoms. The average Bonchev–Trinajstić information content (AvgIpc) is 3.19. The second-order valence-electron chi connectivity index (χ2n) is 8.18. The van der Waals surface area contributed by atoms with E-state index >= 15 is 0 Å². The van der Waals surface area contributed by atoms with Crippen molar-refractivity contribution in [2.45, 2.75) is 25.2 Å². The van der Waals surface area contributed by atoms with Gasteiger partial charge in [-0.25, -0.2) is 4.39 Å². The molecule has 0 radical (unpaired) electrons. The fourth-order valence-electron chi connectivity index (χ4n) is 4.64. The summed E-state index contributed by atoms with van der Waals surface area (Å²) in [6.07, 6.45) is 9.47. The molecule has 3 nitrogen and oxygen atoms in total. The molecule has 0 amide bonds. The molecule has 0 bridgehead atoms. The van der Waals surface area contributed by atoms with Gasteiger partial charge in [0.05, 0.1) is 11.7 Å². The third-order valence-corrected chi connectivity index (χ3v) is 6.33. The Kier molecular flexibility index (Phi) is 5.33. The van der Waals surface area contributed by atoms with Crippen LogP contribution in [0.25, 0.3) is 16.6 Å². The molecule has 4 aromatic rings. The summed E-state index contributed by atoms with van der Waals surface area (Å²) in [5, 5.41) is 1.26. The van der Waals surface area contributed by atoms with E-state index in [1.54, 1.807) is 0 Å². The largest absolute Gasteiger partial charge is 0.315 e. The van der Waals surface area contributed by atoms with Gasteiger partial charge in [-0.05, 0) is 79.7 Å². The normalized spacial score (nSPS) is 15.6. The molecule has 152 valence electrons. The third-order valence-electron chi connectivity index (χ3n) is 6.33. The van der Waals surface area contributed by atoms with Crippen LogP contribution in [0.3, 0.4) is 0 Å². The molecule has 1 aliphatic heterocycles. The maximum absolute atomic E-state index is 13.4. The van der Waals surface area contributed by atoms with Gasteiger partial charge in [-0.1, -0.05) is 30.3 Å². The number of hydrogen-bond acceptors (Lipinski definition) is 2. The molecule has 0 saturated carbocycles. The van der Waals surface area contributed by atoms with Gasteiger partial charge in [0.15, 0.2) is 0 Å². The molecule has 2 aromatic heterocycles. The predicted octanol–water partition coefficient (Wildman–Crippen LogP) is 5.59. The first kappa shape index (κ1) is 19.0. The van der Waals surface area contributed by atoms with E-state index in [-0.39, 0.29) is 5.82 Å². The third kappa shape index (κ3) is 3.88. The number of fused-ring (bicyclic) bond motifs is 1. The number of aromatic nitrogens is 2. The van der Waals surface area contributed by atoms with E-state index in [0.717, 1.165) is 37.3 Å². The molecule has 0 atom stereocenters. The first-order valence-electron chi connectivity index (χ1n) is 10.7. The van der Waals surface area contributed by atoms with Gasteiger partial charge < -0.3 is 9.47 Å². The summed E-state index contributed by atoms with van der Waals surface area (Å²) in [7, 11) is 0. The van der Waals surface area contributed by atoms with E-state index in [9.17, 15) is 4.39 Å². The molecule has 0 unspecified atom stereocenters. The average molecular weight is 400 g/mol. The highest BCUT2D eigenvalue weighted by Crippen LogP contribution is 2.35. The Balaban J connectivity index is 1.33. The Labute approximate surface area is 176 Å². The van der Waals surface area contributed by atoms with Gasteiger partial charge in [-0.15, -0.1) is 0 Å². The van der Waals surface area contributed by atoms with E-state index in [0.29, 0.717) is 5.92 Å². The lowest BCUT2D eigenvalue weighted by Crippen LogP contribution is -2.34. The standard InChI is InChI=1S/C26H26FN3/c27-22-6-8-23(9-7-22)30-19-25(24-10-14-28-18-26(24)30)21-12-16-29(17-13-21)15-11-20-4-2-1-3-5-20/h1-10,14,18-19,21H,11-13,15-17H2. The zero-order valence-corrected chi connectivity index (χ0v) is 17.0. The highest BCUT2D eigenvalue weighted by molar-refractivity contribution is 5.85. The van der Waals surface area contributed by atoms with Crippen molar-refractivity contribution in [3.8, 4) is 5.69 Å². The van der Waals surface area contributed by atoms with Crippen molar-refractivity contribution in [2.24, 2.45) is 0 Å². The predicted molar refractivity (Wildman–Crippen MR) is 120 cm³/mol. The lowest BCUT2D eigenvalue weighted by molar-refractivity contribution is 0.215. The Hall–Kier alpha value is -2.98. The van der Waals surface area contributed by atoms with Crippen LogP contribution in [-0.4, -0.2) is 34.1 Å². The van der Waals surface area contributed by atoms with Crippen LogP contribution < -0.4 is 0 Å². The number of hydrogen-bond donors (Lipinski definition) is 0. The number of nitrogens with zero attached hydrogens (tertiary/aromatic N) is 3. The summed E-state index contributed by atoms with van der Waals surface area (Å²) in [6, 6.07) is 19.6. The Morgan fingerprint density at radius 1 is 0.933 bits per heavy atom. The second-order valence-corrected chi connectivity index (χ2v) is 8.18. The van der Waals surface area contributed by atoms with Crippen LogP contribution >= 0.6 is 0 Å². The molecule has 1 fully saturated rings. The van der Waals surface area contributed by atoms with Crippen LogP contribution in [0.15, 0.2) is 79.3 Å². The van der Waals surface area contributed by atoms with Crippen molar-refractivity contribution >= 4 is 10.9 Å². The number of piperidine rings is 1. The van der Waals surface area contributed by atoms with Gasteiger partial charge in [0.1, 0.15) is 5.82 Å². The van der Waals surface area contributed by atoms with E-state index < -0.39 is 0 Å². The van der Waals surface area contributed by atoms with Crippen LogP contribution in [0.4, 0.5) is 4.39 Å². The van der Waals surface area contributed by atoms with Gasteiger partial charge >= 0.3 is 0 Å². The van der Waals surface area contributed by atoms with Gasteiger partial charge in [-0.2, -0.15) is 0 Å². The molecule has 3 heterocycles. The summed E-state index contributed by atoms with van der Waals surface area (Å²) in [5.74, 6) is 0.334. The number of benzene rings is 2. The molecule has 1 aliphatic rings. The van der Waals surface area contributed by atoms with Crippen molar-refractivity contribution in [3.63, 3.8) is 0 Å². The Morgan fingerprint density at radius 2 is 1.70 bits per heavy atom. The first-order chi connectivity index (χ1) is 14.8. The molecule has 0 spiro atoms. The molecular formula is C26H26FN3. The minimum Gasteiger partial charge on any atom is -0.315 e. The molecule has 0 aliphatic carbocycles. The van der Waals surface area contributed by atoms with Crippen LogP contribution in [0, 0.1) is 5.82 Å². The zero-order valence-electron chi connectivity index (χ0n) is 17.0. The molecule has 2 aromatic carbocycles. The SMILES string of the molecule is Fc1ccc(-n2cc(C3CCN(CCc4ccccc4)CC3)c3ccncc32)cc1. The molecule has 0 N–H and O–H groups in total. The first-order valence-corrected chi connectivity index (χ1v) is 10.7. The van der Waals surface area contributed by atoms with Gasteiger partial charge in [0.25, 0.3) is 0 Å². The lowest BCUT2D eigenvalue weighted by Gasteiger charge is -2.32. The van der Waals surface area contributed by atoms with Crippen molar-refractivity contribution in [3.05, 3.63) is 96.2 Å². The number of halogens is 1. The minimum atomic E-state index is -0.212. The van der Waals surface area contributed by atoms with E-state index in [2.05, 4.69) is 57.0 Å². The maximum Gasteiger partial charge on any atom is 0.123 e. The van der Waals surface area contributed by atoms with E-state index in [1.165, 1.54) is 41.5 Å². The van der Waals surface area contributed by atoms with E-state index in [1.807, 2.05) is 24.5 Å². The molecule has 1 saturated heterocycles. The second kappa shape index (κ2) is 8.41. The highest BCUT2D eigenvalue weighted by Gasteiger charge is 2.24. The monoisotopic (exact) mass is 399 g/mol. The van der Waals surface area contributed by atoms with Crippen molar-refractivity contribution in [2.75, 3.05) is 19.6 Å². The number of pyridine rings is 1. The van der Waals surface area contributed by atoms with Crippen LogP contribution in [0.5, 0.6) is 0 Å². The maximum atomic E-state index is 13.4. The zero-order chi connectivity index (χ0) is 20.3. The summed E-state index contributed by atoms with van der Waals surface area (Å²) in [5.41, 5.74) is 4.86. The summed E-state index contributed by atoms with van der Waals surface area (Å²) < 4.78 is 15.5. The van der Waals surface area contributed by atoms with Crippen molar-refractivity contribution in [1.82, 2.24) is 14.5 Å². The highest BCUT2D eigenvalue weighted by atomic mass is 19.1. The van der Waals surface area contributed by atoms with Crippen molar-refractivity contribution < 1.29 is 4.39 Å². The summed E-state index contributed by atoms with van der Waals surface area (Å²) in [6.45, 7) is 3.38.